The SMILES string of the molecule is CCNC(=NCc1nc(-c2cccc(Cl)c2)no1)NCC(C)(O)c1ccccc1.I. The van der Waals surface area contributed by atoms with E-state index in [4.69, 9.17) is 16.1 Å². The molecule has 3 N–H and O–H groups in total. The minimum atomic E-state index is -1.04. The highest BCUT2D eigenvalue weighted by molar-refractivity contribution is 14.0. The number of aliphatic hydroxyl groups is 1. The molecule has 7 nitrogen and oxygen atoms in total. The molecule has 0 amide bonds. The molecule has 0 aliphatic rings. The van der Waals surface area contributed by atoms with Crippen LogP contribution in [0.4, 0.5) is 0 Å². The van der Waals surface area contributed by atoms with Gasteiger partial charge in [0, 0.05) is 17.1 Å². The van der Waals surface area contributed by atoms with Crippen LogP contribution in [0, 0.1) is 0 Å². The van der Waals surface area contributed by atoms with Crippen LogP contribution in [0.15, 0.2) is 64.1 Å². The first-order valence-electron chi connectivity index (χ1n) is 9.36. The lowest BCUT2D eigenvalue weighted by molar-refractivity contribution is 0.0617. The van der Waals surface area contributed by atoms with Crippen LogP contribution in [0.1, 0.15) is 25.3 Å². The highest BCUT2D eigenvalue weighted by Crippen LogP contribution is 2.20. The third kappa shape index (κ3) is 6.68. The molecule has 2 aromatic carbocycles. The molecule has 0 aliphatic heterocycles. The van der Waals surface area contributed by atoms with Crippen molar-refractivity contribution in [1.82, 2.24) is 20.8 Å². The van der Waals surface area contributed by atoms with Crippen LogP contribution in [0.3, 0.4) is 0 Å². The summed E-state index contributed by atoms with van der Waals surface area (Å²) in [6.45, 7) is 4.90. The Balaban J connectivity index is 0.00000320. The molecule has 1 atom stereocenters. The summed E-state index contributed by atoms with van der Waals surface area (Å²) in [5.74, 6) is 1.39. The van der Waals surface area contributed by atoms with Crippen LogP contribution >= 0.6 is 35.6 Å². The topological polar surface area (TPSA) is 95.6 Å². The van der Waals surface area contributed by atoms with E-state index in [0.717, 1.165) is 11.1 Å². The molecule has 3 rings (SSSR count). The summed E-state index contributed by atoms with van der Waals surface area (Å²) in [5.41, 5.74) is 0.564. The average molecular weight is 542 g/mol. The maximum atomic E-state index is 10.7. The first-order chi connectivity index (χ1) is 14.0. The minimum absolute atomic E-state index is 0. The van der Waals surface area contributed by atoms with Crippen LogP contribution in [0.25, 0.3) is 11.4 Å². The average Bonchev–Trinajstić information content (AvgIpc) is 3.20. The van der Waals surface area contributed by atoms with E-state index >= 15 is 0 Å². The van der Waals surface area contributed by atoms with E-state index in [-0.39, 0.29) is 30.5 Å². The molecule has 1 aromatic heterocycles. The lowest BCUT2D eigenvalue weighted by Crippen LogP contribution is -2.44. The van der Waals surface area contributed by atoms with Gasteiger partial charge in [-0.1, -0.05) is 59.2 Å². The first-order valence-corrected chi connectivity index (χ1v) is 9.74. The summed E-state index contributed by atoms with van der Waals surface area (Å²) >= 11 is 6.01. The van der Waals surface area contributed by atoms with Crippen LogP contribution in [0.5, 0.6) is 0 Å². The zero-order chi connectivity index (χ0) is 20.7. The van der Waals surface area contributed by atoms with Crippen LogP contribution < -0.4 is 10.6 Å². The molecule has 160 valence electrons. The fourth-order valence-corrected chi connectivity index (χ4v) is 2.90. The summed E-state index contributed by atoms with van der Waals surface area (Å²) in [7, 11) is 0. The van der Waals surface area contributed by atoms with Crippen LogP contribution in [-0.4, -0.2) is 34.3 Å². The molecule has 3 aromatic rings. The van der Waals surface area contributed by atoms with E-state index in [1.165, 1.54) is 0 Å². The van der Waals surface area contributed by atoms with E-state index in [1.54, 1.807) is 19.1 Å². The number of benzene rings is 2. The number of hydrogen-bond acceptors (Lipinski definition) is 5. The number of nitrogens with one attached hydrogen (secondary N) is 2. The van der Waals surface area contributed by atoms with Crippen LogP contribution in [-0.2, 0) is 12.1 Å². The van der Waals surface area contributed by atoms with Crippen molar-refractivity contribution in [2.24, 2.45) is 4.99 Å². The molecule has 1 heterocycles. The molecular weight excluding hydrogens is 517 g/mol. The molecule has 0 radical (unpaired) electrons. The normalized spacial score (nSPS) is 13.3. The summed E-state index contributed by atoms with van der Waals surface area (Å²) in [6, 6.07) is 16.8. The fraction of sp³-hybridized carbons (Fsp3) is 0.286. The summed E-state index contributed by atoms with van der Waals surface area (Å²) < 4.78 is 5.29. The van der Waals surface area contributed by atoms with Gasteiger partial charge in [0.25, 0.3) is 0 Å². The van der Waals surface area contributed by atoms with Crippen LogP contribution in [0.2, 0.25) is 5.02 Å². The van der Waals surface area contributed by atoms with Gasteiger partial charge in [0.15, 0.2) is 5.96 Å². The Bertz CT molecular complexity index is 963. The molecule has 30 heavy (non-hydrogen) atoms. The van der Waals surface area contributed by atoms with Gasteiger partial charge >= 0.3 is 0 Å². The van der Waals surface area contributed by atoms with Gasteiger partial charge in [-0.25, -0.2) is 4.99 Å². The van der Waals surface area contributed by atoms with Crippen molar-refractivity contribution >= 4 is 41.5 Å². The largest absolute Gasteiger partial charge is 0.384 e. The first kappa shape index (κ1) is 24.1. The van der Waals surface area contributed by atoms with Crippen molar-refractivity contribution < 1.29 is 9.63 Å². The molecule has 1 unspecified atom stereocenters. The monoisotopic (exact) mass is 541 g/mol. The second-order valence-electron chi connectivity index (χ2n) is 6.71. The van der Waals surface area contributed by atoms with E-state index in [1.807, 2.05) is 49.4 Å². The van der Waals surface area contributed by atoms with Gasteiger partial charge in [-0.2, -0.15) is 4.98 Å². The minimum Gasteiger partial charge on any atom is -0.384 e. The summed E-state index contributed by atoms with van der Waals surface area (Å²) in [6.07, 6.45) is 0. The number of aromatic nitrogens is 2. The Morgan fingerprint density at radius 1 is 1.17 bits per heavy atom. The zero-order valence-electron chi connectivity index (χ0n) is 16.8. The predicted molar refractivity (Wildman–Crippen MR) is 129 cm³/mol. The Labute approximate surface area is 198 Å². The van der Waals surface area contributed by atoms with Gasteiger partial charge in [-0.3, -0.25) is 0 Å². The fourth-order valence-electron chi connectivity index (χ4n) is 2.71. The number of nitrogens with zero attached hydrogens (tertiary/aromatic N) is 3. The van der Waals surface area contributed by atoms with Crippen molar-refractivity contribution in [2.75, 3.05) is 13.1 Å². The van der Waals surface area contributed by atoms with Crippen molar-refractivity contribution in [2.45, 2.75) is 26.0 Å². The number of aliphatic imine (C=N–C) groups is 1. The van der Waals surface area contributed by atoms with Gasteiger partial charge in [-0.05, 0) is 31.5 Å². The molecule has 9 heteroatoms. The van der Waals surface area contributed by atoms with Crippen molar-refractivity contribution in [3.63, 3.8) is 0 Å². The van der Waals surface area contributed by atoms with E-state index in [2.05, 4.69) is 25.8 Å². The van der Waals surface area contributed by atoms with Gasteiger partial charge < -0.3 is 20.3 Å². The second kappa shape index (κ2) is 11.3. The van der Waals surface area contributed by atoms with Crippen molar-refractivity contribution in [3.05, 3.63) is 71.1 Å². The molecular formula is C21H25ClIN5O2. The van der Waals surface area contributed by atoms with E-state index < -0.39 is 5.60 Å². The summed E-state index contributed by atoms with van der Waals surface area (Å²) in [4.78, 5) is 8.83. The Morgan fingerprint density at radius 3 is 2.63 bits per heavy atom. The lowest BCUT2D eigenvalue weighted by Gasteiger charge is -2.25. The highest BCUT2D eigenvalue weighted by Gasteiger charge is 2.23. The number of rotatable bonds is 7. The van der Waals surface area contributed by atoms with Gasteiger partial charge in [0.05, 0.1) is 6.54 Å². The van der Waals surface area contributed by atoms with Crippen molar-refractivity contribution in [1.29, 1.82) is 0 Å². The van der Waals surface area contributed by atoms with Gasteiger partial charge in [0.1, 0.15) is 12.1 Å². The third-order valence-corrected chi connectivity index (χ3v) is 4.50. The molecule has 0 spiro atoms. The third-order valence-electron chi connectivity index (χ3n) is 4.26. The Hall–Kier alpha value is -2.17. The smallest absolute Gasteiger partial charge is 0.248 e. The molecule has 0 saturated carbocycles. The number of guanidine groups is 1. The van der Waals surface area contributed by atoms with Gasteiger partial charge in [-0.15, -0.1) is 24.0 Å². The zero-order valence-corrected chi connectivity index (χ0v) is 19.9. The maximum absolute atomic E-state index is 10.7. The Morgan fingerprint density at radius 2 is 1.93 bits per heavy atom. The summed E-state index contributed by atoms with van der Waals surface area (Å²) in [5, 5.41) is 21.6. The maximum Gasteiger partial charge on any atom is 0.248 e. The highest BCUT2D eigenvalue weighted by atomic mass is 127. The van der Waals surface area contributed by atoms with Crippen molar-refractivity contribution in [3.8, 4) is 11.4 Å². The lowest BCUT2D eigenvalue weighted by atomic mass is 9.96. The number of halogens is 2. The quantitative estimate of drug-likeness (QED) is 0.238. The molecule has 0 bridgehead atoms. The Kier molecular flexibility index (Phi) is 9.07. The van der Waals surface area contributed by atoms with E-state index in [9.17, 15) is 5.11 Å². The van der Waals surface area contributed by atoms with Gasteiger partial charge in [0.2, 0.25) is 11.7 Å². The standard InChI is InChI=1S/C21H24ClN5O2.HI/c1-3-23-20(25-14-21(2,28)16-9-5-4-6-10-16)24-13-18-26-19(27-29-18)15-8-7-11-17(22)12-15;/h4-12,28H,3,13-14H2,1-2H3,(H2,23,24,25);1H. The number of hydrogen-bond donors (Lipinski definition) is 3. The molecule has 0 saturated heterocycles. The molecule has 0 fully saturated rings. The molecule has 0 aliphatic carbocycles. The second-order valence-corrected chi connectivity index (χ2v) is 7.15. The van der Waals surface area contributed by atoms with E-state index in [0.29, 0.717) is 35.8 Å². The predicted octanol–water partition coefficient (Wildman–Crippen LogP) is 3.97.